The van der Waals surface area contributed by atoms with Crippen LogP contribution in [0, 0.1) is 0 Å². The van der Waals surface area contributed by atoms with E-state index in [0.717, 1.165) is 37.7 Å². The fourth-order valence-electron chi connectivity index (χ4n) is 3.07. The van der Waals surface area contributed by atoms with Gasteiger partial charge in [0.25, 0.3) is 0 Å². The van der Waals surface area contributed by atoms with Gasteiger partial charge in [0.15, 0.2) is 11.5 Å². The van der Waals surface area contributed by atoms with E-state index in [9.17, 15) is 0 Å². The van der Waals surface area contributed by atoms with Crippen molar-refractivity contribution in [3.63, 3.8) is 0 Å². The molecule has 1 aliphatic heterocycles. The van der Waals surface area contributed by atoms with Crippen molar-refractivity contribution in [1.82, 2.24) is 10.2 Å². The largest absolute Gasteiger partial charge is 0.493 e. The number of nitrogens with zero attached hydrogens (tertiary/aromatic N) is 1. The minimum Gasteiger partial charge on any atom is -0.493 e. The van der Waals surface area contributed by atoms with Crippen LogP contribution in [0.15, 0.2) is 35.7 Å². The van der Waals surface area contributed by atoms with E-state index in [-0.39, 0.29) is 6.04 Å². The number of thiophene rings is 1. The number of rotatable bonds is 6. The number of ether oxygens (including phenoxy) is 2. The Bertz CT molecular complexity index is 609. The fraction of sp³-hybridized carbons (Fsp3) is 0.444. The minimum absolute atomic E-state index is 0.280. The van der Waals surface area contributed by atoms with Crippen molar-refractivity contribution in [2.75, 3.05) is 39.9 Å². The molecule has 5 heteroatoms. The first kappa shape index (κ1) is 16.3. The molecular formula is C18H24N2O2S. The van der Waals surface area contributed by atoms with E-state index < -0.39 is 0 Å². The molecule has 0 radical (unpaired) electrons. The minimum atomic E-state index is 0.280. The van der Waals surface area contributed by atoms with E-state index >= 15 is 0 Å². The molecule has 0 bridgehead atoms. The third kappa shape index (κ3) is 3.68. The molecule has 3 rings (SSSR count). The maximum absolute atomic E-state index is 5.77. The molecule has 1 N–H and O–H groups in total. The summed E-state index contributed by atoms with van der Waals surface area (Å²) < 4.78 is 11.2. The van der Waals surface area contributed by atoms with Gasteiger partial charge in [-0.15, -0.1) is 11.3 Å². The molecular weight excluding hydrogens is 308 g/mol. The summed E-state index contributed by atoms with van der Waals surface area (Å²) in [6.45, 7) is 6.82. The van der Waals surface area contributed by atoms with E-state index in [2.05, 4.69) is 39.9 Å². The van der Waals surface area contributed by atoms with E-state index in [0.29, 0.717) is 6.61 Å². The number of hydrogen-bond donors (Lipinski definition) is 1. The molecule has 0 saturated carbocycles. The zero-order valence-electron chi connectivity index (χ0n) is 13.7. The highest BCUT2D eigenvalue weighted by molar-refractivity contribution is 7.10. The second-order valence-electron chi connectivity index (χ2n) is 5.55. The first-order chi connectivity index (χ1) is 11.3. The van der Waals surface area contributed by atoms with Crippen molar-refractivity contribution in [3.8, 4) is 11.5 Å². The highest BCUT2D eigenvalue weighted by Crippen LogP contribution is 2.37. The standard InChI is InChI=1S/C18H24N2O2S/c1-3-22-16-13-14(6-7-15(16)21-2)18(17-5-4-12-23-17)20-10-8-19-9-11-20/h4-7,12-13,18-19H,3,8-11H2,1-2H3/t18-/m1/s1. The average Bonchev–Trinajstić information content (AvgIpc) is 3.11. The van der Waals surface area contributed by atoms with Crippen LogP contribution in [0.25, 0.3) is 0 Å². The molecule has 1 aromatic carbocycles. The van der Waals surface area contributed by atoms with Gasteiger partial charge in [0.1, 0.15) is 0 Å². The van der Waals surface area contributed by atoms with E-state index in [1.807, 2.05) is 24.3 Å². The van der Waals surface area contributed by atoms with Crippen LogP contribution in [0.4, 0.5) is 0 Å². The molecule has 1 fully saturated rings. The van der Waals surface area contributed by atoms with E-state index in [4.69, 9.17) is 9.47 Å². The lowest BCUT2D eigenvalue weighted by Gasteiger charge is -2.35. The van der Waals surface area contributed by atoms with Crippen molar-refractivity contribution in [3.05, 3.63) is 46.2 Å². The maximum atomic E-state index is 5.77. The lowest BCUT2D eigenvalue weighted by atomic mass is 10.0. The summed E-state index contributed by atoms with van der Waals surface area (Å²) >= 11 is 1.81. The topological polar surface area (TPSA) is 33.7 Å². The molecule has 23 heavy (non-hydrogen) atoms. The Morgan fingerprint density at radius 2 is 2.04 bits per heavy atom. The van der Waals surface area contributed by atoms with Crippen molar-refractivity contribution < 1.29 is 9.47 Å². The second-order valence-corrected chi connectivity index (χ2v) is 6.53. The van der Waals surface area contributed by atoms with E-state index in [1.165, 1.54) is 10.4 Å². The maximum Gasteiger partial charge on any atom is 0.161 e. The molecule has 0 amide bonds. The van der Waals surface area contributed by atoms with Crippen LogP contribution < -0.4 is 14.8 Å². The van der Waals surface area contributed by atoms with Gasteiger partial charge in [-0.1, -0.05) is 12.1 Å². The molecule has 0 spiro atoms. The van der Waals surface area contributed by atoms with Crippen LogP contribution in [0.2, 0.25) is 0 Å². The summed E-state index contributed by atoms with van der Waals surface area (Å²) in [5.41, 5.74) is 1.26. The SMILES string of the molecule is CCOc1cc([C@H](c2cccs2)N2CCNCC2)ccc1OC. The molecule has 1 aromatic heterocycles. The average molecular weight is 332 g/mol. The van der Waals surface area contributed by atoms with Crippen molar-refractivity contribution >= 4 is 11.3 Å². The number of hydrogen-bond acceptors (Lipinski definition) is 5. The first-order valence-corrected chi connectivity index (χ1v) is 9.00. The molecule has 0 unspecified atom stereocenters. The fourth-order valence-corrected chi connectivity index (χ4v) is 3.96. The zero-order valence-corrected chi connectivity index (χ0v) is 14.6. The Hall–Kier alpha value is -1.56. The highest BCUT2D eigenvalue weighted by Gasteiger charge is 2.25. The molecule has 2 heterocycles. The van der Waals surface area contributed by atoms with Crippen LogP contribution in [-0.4, -0.2) is 44.8 Å². The first-order valence-electron chi connectivity index (χ1n) is 8.12. The van der Waals surface area contributed by atoms with Crippen LogP contribution in [-0.2, 0) is 0 Å². The van der Waals surface area contributed by atoms with Gasteiger partial charge in [0, 0.05) is 31.1 Å². The predicted octanol–water partition coefficient (Wildman–Crippen LogP) is 3.15. The molecule has 2 aromatic rings. The molecule has 4 nitrogen and oxygen atoms in total. The van der Waals surface area contributed by atoms with Crippen LogP contribution in [0.5, 0.6) is 11.5 Å². The summed E-state index contributed by atoms with van der Waals surface area (Å²) in [4.78, 5) is 3.92. The van der Waals surface area contributed by atoms with Gasteiger partial charge in [-0.05, 0) is 36.1 Å². The Labute approximate surface area is 142 Å². The summed E-state index contributed by atoms with van der Waals surface area (Å²) in [6, 6.07) is 10.9. The lowest BCUT2D eigenvalue weighted by Crippen LogP contribution is -2.45. The smallest absolute Gasteiger partial charge is 0.161 e. The summed E-state index contributed by atoms with van der Waals surface area (Å²) in [5.74, 6) is 1.62. The molecule has 1 atom stereocenters. The summed E-state index contributed by atoms with van der Waals surface area (Å²) in [7, 11) is 1.69. The normalized spacial score (nSPS) is 17.0. The van der Waals surface area contributed by atoms with E-state index in [1.54, 1.807) is 7.11 Å². The van der Waals surface area contributed by atoms with Crippen LogP contribution in [0.3, 0.4) is 0 Å². The van der Waals surface area contributed by atoms with Gasteiger partial charge in [-0.25, -0.2) is 0 Å². The monoisotopic (exact) mass is 332 g/mol. The predicted molar refractivity (Wildman–Crippen MR) is 94.8 cm³/mol. The van der Waals surface area contributed by atoms with Gasteiger partial charge in [-0.2, -0.15) is 0 Å². The Morgan fingerprint density at radius 1 is 1.22 bits per heavy atom. The Morgan fingerprint density at radius 3 is 2.70 bits per heavy atom. The number of piperazine rings is 1. The highest BCUT2D eigenvalue weighted by atomic mass is 32.1. The van der Waals surface area contributed by atoms with Crippen molar-refractivity contribution in [2.45, 2.75) is 13.0 Å². The van der Waals surface area contributed by atoms with Gasteiger partial charge in [0.2, 0.25) is 0 Å². The summed E-state index contributed by atoms with van der Waals surface area (Å²) in [6.07, 6.45) is 0. The van der Waals surface area contributed by atoms with Gasteiger partial charge >= 0.3 is 0 Å². The Kier molecular flexibility index (Phi) is 5.54. The number of nitrogens with one attached hydrogen (secondary N) is 1. The van der Waals surface area contributed by atoms with Crippen molar-refractivity contribution in [1.29, 1.82) is 0 Å². The Balaban J connectivity index is 1.97. The number of methoxy groups -OCH3 is 1. The third-order valence-corrected chi connectivity index (χ3v) is 5.06. The van der Waals surface area contributed by atoms with Gasteiger partial charge in [-0.3, -0.25) is 4.90 Å². The second kappa shape index (κ2) is 7.81. The quantitative estimate of drug-likeness (QED) is 0.881. The zero-order chi connectivity index (χ0) is 16.1. The lowest BCUT2D eigenvalue weighted by molar-refractivity contribution is 0.200. The molecule has 0 aliphatic carbocycles. The van der Waals surface area contributed by atoms with Crippen LogP contribution >= 0.6 is 11.3 Å². The van der Waals surface area contributed by atoms with Gasteiger partial charge in [0.05, 0.1) is 19.8 Å². The third-order valence-electron chi connectivity index (χ3n) is 4.13. The molecule has 1 aliphatic rings. The summed E-state index contributed by atoms with van der Waals surface area (Å²) in [5, 5.41) is 5.58. The van der Waals surface area contributed by atoms with Crippen LogP contribution in [0.1, 0.15) is 23.4 Å². The number of benzene rings is 1. The molecule has 124 valence electrons. The van der Waals surface area contributed by atoms with Gasteiger partial charge < -0.3 is 14.8 Å². The molecule has 1 saturated heterocycles. The van der Waals surface area contributed by atoms with Crippen molar-refractivity contribution in [2.24, 2.45) is 0 Å².